The Bertz CT molecular complexity index is 2400. The van der Waals surface area contributed by atoms with Crippen molar-refractivity contribution in [2.45, 2.75) is 103 Å². The van der Waals surface area contributed by atoms with Crippen molar-refractivity contribution in [3.05, 3.63) is 131 Å². The van der Waals surface area contributed by atoms with Gasteiger partial charge in [-0.15, -0.1) is 5.10 Å². The summed E-state index contributed by atoms with van der Waals surface area (Å²) in [4.78, 5) is 65.1. The number of hydrogen-bond donors (Lipinski definition) is 4. The first-order chi connectivity index (χ1) is 31.1. The van der Waals surface area contributed by atoms with Crippen LogP contribution in [0.2, 0.25) is 0 Å². The Kier molecular flexibility index (Phi) is 15.5. The topological polar surface area (TPSA) is 188 Å². The standard InChI is InChI=1S/C49H56N8O7/c1-2-3-26-55(31-35-14-18-37(19-15-35)48(61)62)49(63)51-38-20-22-40(23-21-38)64-28-8-6-4-5-7-27-56-32-39(53-54-56)30-50-29-34-12-16-36(17-13-34)41-10-9-11-42-43(41)33-57(47(42)60)44-24-25-45(58)52-46(44)59/h9-23,32,44,50H,2-8,24-31,33H2,1H3,(H,51,63)(H,61,62)(H,52,58,59). The van der Waals surface area contributed by atoms with E-state index in [2.05, 4.69) is 57.5 Å². The summed E-state index contributed by atoms with van der Waals surface area (Å²) in [6.07, 6.45) is 9.56. The number of carbonyl (C=O) groups excluding carboxylic acids is 4. The van der Waals surface area contributed by atoms with Crippen LogP contribution in [-0.2, 0) is 42.3 Å². The number of aryl methyl sites for hydroxylation is 1. The van der Waals surface area contributed by atoms with Gasteiger partial charge in [0.2, 0.25) is 11.8 Å². The zero-order chi connectivity index (χ0) is 44.8. The van der Waals surface area contributed by atoms with Gasteiger partial charge in [0.05, 0.1) is 17.9 Å². The summed E-state index contributed by atoms with van der Waals surface area (Å²) in [5, 5.41) is 26.6. The van der Waals surface area contributed by atoms with Crippen LogP contribution in [0.15, 0.2) is 97.2 Å². The van der Waals surface area contributed by atoms with E-state index < -0.39 is 17.9 Å². The van der Waals surface area contributed by atoms with Crippen LogP contribution < -0.4 is 20.7 Å². The third-order valence-electron chi connectivity index (χ3n) is 11.6. The number of benzene rings is 4. The van der Waals surface area contributed by atoms with E-state index in [1.54, 1.807) is 40.1 Å². The number of carboxylic acid groups (broad SMARTS) is 1. The summed E-state index contributed by atoms with van der Waals surface area (Å²) in [6.45, 7) is 6.06. The second kappa shape index (κ2) is 22.0. The summed E-state index contributed by atoms with van der Waals surface area (Å²) in [5.41, 5.74) is 7.21. The van der Waals surface area contributed by atoms with Crippen molar-refractivity contribution in [2.24, 2.45) is 0 Å². The molecular formula is C49H56N8O7. The number of hydrogen-bond acceptors (Lipinski definition) is 9. The molecule has 4 N–H and O–H groups in total. The molecule has 5 aromatic rings. The molecule has 1 fully saturated rings. The number of ether oxygens (including phenoxy) is 1. The summed E-state index contributed by atoms with van der Waals surface area (Å²) in [7, 11) is 0. The van der Waals surface area contributed by atoms with Crippen molar-refractivity contribution in [1.29, 1.82) is 0 Å². The van der Waals surface area contributed by atoms with Crippen LogP contribution in [-0.4, -0.2) is 78.8 Å². The van der Waals surface area contributed by atoms with Crippen LogP contribution >= 0.6 is 0 Å². The Morgan fingerprint density at radius 1 is 0.859 bits per heavy atom. The first-order valence-corrected chi connectivity index (χ1v) is 22.2. The second-order valence-corrected chi connectivity index (χ2v) is 16.4. The normalized spacial score (nSPS) is 14.6. The van der Waals surface area contributed by atoms with E-state index in [9.17, 15) is 29.1 Å². The van der Waals surface area contributed by atoms with Gasteiger partial charge in [0.1, 0.15) is 11.8 Å². The molecule has 7 rings (SSSR count). The van der Waals surface area contributed by atoms with Crippen LogP contribution in [0.25, 0.3) is 11.1 Å². The Morgan fingerprint density at radius 2 is 1.59 bits per heavy atom. The van der Waals surface area contributed by atoms with Gasteiger partial charge in [-0.2, -0.15) is 0 Å². The highest BCUT2D eigenvalue weighted by atomic mass is 16.5. The van der Waals surface area contributed by atoms with E-state index >= 15 is 0 Å². The van der Waals surface area contributed by atoms with E-state index in [0.29, 0.717) is 57.0 Å². The van der Waals surface area contributed by atoms with Gasteiger partial charge in [-0.3, -0.25) is 24.4 Å². The second-order valence-electron chi connectivity index (χ2n) is 16.4. The molecule has 15 heteroatoms. The van der Waals surface area contributed by atoms with Crippen molar-refractivity contribution in [3.8, 4) is 16.9 Å². The van der Waals surface area contributed by atoms with Crippen molar-refractivity contribution in [3.63, 3.8) is 0 Å². The van der Waals surface area contributed by atoms with Gasteiger partial charge in [0.15, 0.2) is 0 Å². The summed E-state index contributed by atoms with van der Waals surface area (Å²) >= 11 is 0. The van der Waals surface area contributed by atoms with E-state index in [1.807, 2.05) is 47.3 Å². The van der Waals surface area contributed by atoms with Crippen molar-refractivity contribution >= 4 is 35.4 Å². The molecule has 1 aromatic heterocycles. The number of imide groups is 1. The van der Waals surface area contributed by atoms with Gasteiger partial charge < -0.3 is 30.3 Å². The fraction of sp³-hybridized carbons (Fsp3) is 0.367. The molecular weight excluding hydrogens is 813 g/mol. The Balaban J connectivity index is 0.755. The number of nitrogens with one attached hydrogen (secondary N) is 3. The average molecular weight is 869 g/mol. The fourth-order valence-corrected chi connectivity index (χ4v) is 8.03. The van der Waals surface area contributed by atoms with Gasteiger partial charge in [-0.05, 0) is 96.0 Å². The molecule has 2 aliphatic heterocycles. The molecule has 4 aromatic carbocycles. The Hall–Kier alpha value is -6.87. The van der Waals surface area contributed by atoms with E-state index in [4.69, 9.17) is 4.74 Å². The number of nitrogens with zero attached hydrogens (tertiary/aromatic N) is 5. The number of carboxylic acids is 1. The largest absolute Gasteiger partial charge is 0.494 e. The number of aromatic nitrogens is 3. The minimum absolute atomic E-state index is 0.178. The van der Waals surface area contributed by atoms with E-state index in [1.165, 1.54) is 0 Å². The van der Waals surface area contributed by atoms with Crippen LogP contribution in [0.3, 0.4) is 0 Å². The number of unbranched alkanes of at least 4 members (excludes halogenated alkanes) is 5. The number of fused-ring (bicyclic) bond motifs is 1. The summed E-state index contributed by atoms with van der Waals surface area (Å²) in [5.74, 6) is -1.11. The van der Waals surface area contributed by atoms with E-state index in [-0.39, 0.29) is 29.8 Å². The van der Waals surface area contributed by atoms with Gasteiger partial charge >= 0.3 is 12.0 Å². The number of amides is 5. The minimum atomic E-state index is -0.977. The zero-order valence-electron chi connectivity index (χ0n) is 36.3. The molecule has 2 aliphatic rings. The summed E-state index contributed by atoms with van der Waals surface area (Å²) in [6, 6.07) is 27.1. The van der Waals surface area contributed by atoms with Gasteiger partial charge in [-0.1, -0.05) is 86.4 Å². The SMILES string of the molecule is CCCCN(Cc1ccc(C(=O)O)cc1)C(=O)Nc1ccc(OCCCCCCCn2cc(CNCc3ccc(-c4cccc5c4CN(C4CCC(=O)NC4=O)C5=O)cc3)nn2)cc1. The molecule has 1 atom stereocenters. The molecule has 0 saturated carbocycles. The molecule has 0 bridgehead atoms. The number of carbonyl (C=O) groups is 5. The molecule has 0 radical (unpaired) electrons. The maximum Gasteiger partial charge on any atom is 0.335 e. The van der Waals surface area contributed by atoms with Crippen LogP contribution in [0.5, 0.6) is 5.75 Å². The lowest BCUT2D eigenvalue weighted by Crippen LogP contribution is -2.52. The molecule has 0 aliphatic carbocycles. The molecule has 15 nitrogen and oxygen atoms in total. The quantitative estimate of drug-likeness (QED) is 0.0399. The molecule has 1 saturated heterocycles. The van der Waals surface area contributed by atoms with Gasteiger partial charge in [0.25, 0.3) is 5.91 Å². The first-order valence-electron chi connectivity index (χ1n) is 22.2. The lowest BCUT2D eigenvalue weighted by molar-refractivity contribution is -0.136. The number of anilines is 1. The molecule has 0 spiro atoms. The molecule has 3 heterocycles. The number of urea groups is 1. The van der Waals surface area contributed by atoms with Crippen molar-refractivity contribution in [2.75, 3.05) is 18.5 Å². The Labute approximate surface area is 373 Å². The molecule has 5 amide bonds. The minimum Gasteiger partial charge on any atom is -0.494 e. The number of aromatic carboxylic acids is 1. The highest BCUT2D eigenvalue weighted by molar-refractivity contribution is 6.06. The van der Waals surface area contributed by atoms with Gasteiger partial charge in [0, 0.05) is 63.1 Å². The lowest BCUT2D eigenvalue weighted by Gasteiger charge is -2.29. The highest BCUT2D eigenvalue weighted by Gasteiger charge is 2.39. The third-order valence-corrected chi connectivity index (χ3v) is 11.6. The Morgan fingerprint density at radius 3 is 2.34 bits per heavy atom. The smallest absolute Gasteiger partial charge is 0.335 e. The van der Waals surface area contributed by atoms with Crippen LogP contribution in [0.4, 0.5) is 10.5 Å². The monoisotopic (exact) mass is 868 g/mol. The third kappa shape index (κ3) is 12.0. The number of piperidine rings is 1. The molecule has 1 unspecified atom stereocenters. The predicted octanol–water partition coefficient (Wildman–Crippen LogP) is 7.56. The van der Waals surface area contributed by atoms with Crippen LogP contribution in [0.1, 0.15) is 108 Å². The highest BCUT2D eigenvalue weighted by Crippen LogP contribution is 2.35. The van der Waals surface area contributed by atoms with Crippen LogP contribution in [0, 0.1) is 0 Å². The van der Waals surface area contributed by atoms with E-state index in [0.717, 1.165) is 90.8 Å². The maximum atomic E-state index is 13.3. The molecule has 334 valence electrons. The van der Waals surface area contributed by atoms with Gasteiger partial charge in [-0.25, -0.2) is 9.59 Å². The van der Waals surface area contributed by atoms with Crippen molar-refractivity contribution < 1.29 is 33.8 Å². The first kappa shape index (κ1) is 45.2. The zero-order valence-corrected chi connectivity index (χ0v) is 36.3. The van der Waals surface area contributed by atoms with Crippen molar-refractivity contribution in [1.82, 2.24) is 35.4 Å². The molecule has 64 heavy (non-hydrogen) atoms. The fourth-order valence-electron chi connectivity index (χ4n) is 8.03. The maximum absolute atomic E-state index is 13.3. The average Bonchev–Trinajstić information content (AvgIpc) is 3.90. The predicted molar refractivity (Wildman–Crippen MR) is 241 cm³/mol. The summed E-state index contributed by atoms with van der Waals surface area (Å²) < 4.78 is 7.85. The lowest BCUT2D eigenvalue weighted by atomic mass is 9.96. The number of rotatable bonds is 22.